The smallest absolute Gasteiger partial charge is 0.306 e. The van der Waals surface area contributed by atoms with Gasteiger partial charge < -0.3 is 39.4 Å². The van der Waals surface area contributed by atoms with Crippen LogP contribution in [0.15, 0.2) is 48.6 Å². The molecule has 1 saturated heterocycles. The molecular formula is C62H114O9. The minimum absolute atomic E-state index is 0.111. The molecule has 0 radical (unpaired) electrons. The van der Waals surface area contributed by atoms with Crippen LogP contribution in [0.25, 0.3) is 0 Å². The van der Waals surface area contributed by atoms with Crippen molar-refractivity contribution in [3.8, 4) is 0 Å². The Labute approximate surface area is 437 Å². The predicted molar refractivity (Wildman–Crippen MR) is 298 cm³/mol. The van der Waals surface area contributed by atoms with Gasteiger partial charge in [-0.25, -0.2) is 0 Å². The van der Waals surface area contributed by atoms with Gasteiger partial charge in [-0.3, -0.25) is 4.79 Å². The Bertz CT molecular complexity index is 1230. The van der Waals surface area contributed by atoms with E-state index in [9.17, 15) is 25.2 Å². The quantitative estimate of drug-likeness (QED) is 0.0267. The average molecular weight is 1000 g/mol. The van der Waals surface area contributed by atoms with E-state index < -0.39 is 43.4 Å². The number of hydrogen-bond acceptors (Lipinski definition) is 9. The number of unbranched alkanes of at least 4 members (excludes halogenated alkanes) is 34. The molecule has 0 saturated carbocycles. The summed E-state index contributed by atoms with van der Waals surface area (Å²) in [4.78, 5) is 12.9. The van der Waals surface area contributed by atoms with Crippen molar-refractivity contribution >= 4 is 5.97 Å². The number of carbonyl (C=O) groups excluding carboxylic acids is 1. The fourth-order valence-corrected chi connectivity index (χ4v) is 9.37. The zero-order chi connectivity index (χ0) is 51.3. The van der Waals surface area contributed by atoms with Gasteiger partial charge in [-0.05, 0) is 51.4 Å². The van der Waals surface area contributed by atoms with E-state index in [-0.39, 0.29) is 19.2 Å². The van der Waals surface area contributed by atoms with Crippen molar-refractivity contribution in [3.63, 3.8) is 0 Å². The molecule has 1 aliphatic heterocycles. The third-order valence-corrected chi connectivity index (χ3v) is 14.0. The topological polar surface area (TPSA) is 135 Å². The number of hydrogen-bond donors (Lipinski definition) is 4. The zero-order valence-corrected chi connectivity index (χ0v) is 46.2. The molecule has 71 heavy (non-hydrogen) atoms. The van der Waals surface area contributed by atoms with Crippen molar-refractivity contribution in [2.75, 3.05) is 26.4 Å². The highest BCUT2D eigenvalue weighted by atomic mass is 16.7. The maximum absolute atomic E-state index is 12.9. The lowest BCUT2D eigenvalue weighted by molar-refractivity contribution is -0.305. The number of esters is 1. The summed E-state index contributed by atoms with van der Waals surface area (Å²) in [5.74, 6) is -0.308. The highest BCUT2D eigenvalue weighted by Gasteiger charge is 2.44. The Hall–Kier alpha value is -1.85. The predicted octanol–water partition coefficient (Wildman–Crippen LogP) is 16.0. The summed E-state index contributed by atoms with van der Waals surface area (Å²) < 4.78 is 23.0. The zero-order valence-electron chi connectivity index (χ0n) is 46.2. The number of aliphatic hydroxyl groups excluding tert-OH is 4. The Morgan fingerprint density at radius 1 is 0.465 bits per heavy atom. The molecule has 1 fully saturated rings. The first kappa shape index (κ1) is 67.2. The van der Waals surface area contributed by atoms with Gasteiger partial charge in [0.25, 0.3) is 0 Å². The minimum Gasteiger partial charge on any atom is -0.457 e. The molecule has 6 unspecified atom stereocenters. The second kappa shape index (κ2) is 53.0. The summed E-state index contributed by atoms with van der Waals surface area (Å²) in [5.41, 5.74) is 0. The van der Waals surface area contributed by atoms with Crippen LogP contribution in [0.4, 0.5) is 0 Å². The molecule has 0 bridgehead atoms. The van der Waals surface area contributed by atoms with Gasteiger partial charge in [-0.1, -0.05) is 268 Å². The number of carbonyl (C=O) groups is 1. The molecule has 0 aliphatic carbocycles. The minimum atomic E-state index is -1.54. The molecule has 6 atom stereocenters. The van der Waals surface area contributed by atoms with Crippen molar-refractivity contribution in [1.29, 1.82) is 0 Å². The van der Waals surface area contributed by atoms with E-state index in [0.29, 0.717) is 13.0 Å². The van der Waals surface area contributed by atoms with Gasteiger partial charge in [0, 0.05) is 13.0 Å². The highest BCUT2D eigenvalue weighted by molar-refractivity contribution is 5.69. The van der Waals surface area contributed by atoms with Crippen LogP contribution in [0.2, 0.25) is 0 Å². The molecule has 0 aromatic carbocycles. The van der Waals surface area contributed by atoms with Crippen LogP contribution >= 0.6 is 0 Å². The van der Waals surface area contributed by atoms with E-state index >= 15 is 0 Å². The van der Waals surface area contributed by atoms with E-state index in [2.05, 4.69) is 62.5 Å². The Balaban J connectivity index is 2.12. The van der Waals surface area contributed by atoms with Crippen LogP contribution in [0.1, 0.15) is 277 Å². The summed E-state index contributed by atoms with van der Waals surface area (Å²) in [7, 11) is 0. The first-order valence-corrected chi connectivity index (χ1v) is 30.2. The van der Waals surface area contributed by atoms with Gasteiger partial charge in [0.1, 0.15) is 30.5 Å². The molecule has 0 aromatic rings. The average Bonchev–Trinajstić information content (AvgIpc) is 3.37. The summed E-state index contributed by atoms with van der Waals surface area (Å²) in [6.07, 6.45) is 61.7. The molecule has 9 nitrogen and oxygen atoms in total. The normalized spacial score (nSPS) is 19.1. The Morgan fingerprint density at radius 3 is 1.30 bits per heavy atom. The number of ether oxygens (including phenoxy) is 4. The second-order valence-electron chi connectivity index (χ2n) is 20.8. The van der Waals surface area contributed by atoms with Gasteiger partial charge in [0.15, 0.2) is 6.29 Å². The molecule has 1 aliphatic rings. The first-order valence-electron chi connectivity index (χ1n) is 30.2. The van der Waals surface area contributed by atoms with Crippen molar-refractivity contribution < 1.29 is 44.2 Å². The second-order valence-corrected chi connectivity index (χ2v) is 20.8. The molecule has 0 spiro atoms. The van der Waals surface area contributed by atoms with Crippen molar-refractivity contribution in [1.82, 2.24) is 0 Å². The lowest BCUT2D eigenvalue weighted by Gasteiger charge is -2.39. The van der Waals surface area contributed by atoms with E-state index in [1.165, 1.54) is 199 Å². The van der Waals surface area contributed by atoms with Gasteiger partial charge in [-0.2, -0.15) is 0 Å². The van der Waals surface area contributed by atoms with Gasteiger partial charge in [0.2, 0.25) is 0 Å². The summed E-state index contributed by atoms with van der Waals surface area (Å²) in [6, 6.07) is 0. The largest absolute Gasteiger partial charge is 0.457 e. The molecule has 1 rings (SSSR count). The standard InChI is InChI=1S/C62H114O9/c1-3-5-7-9-11-13-15-17-19-21-23-25-27-28-29-30-32-34-36-38-40-42-44-46-48-50-52-68-54-56(55-69-62-61(67)60(66)59(65)57(53-63)71-62)70-58(64)51-49-47-45-43-41-39-37-35-33-31-26-24-22-20-18-16-14-12-10-8-6-4-2/h5,7,11,13,17,19,23,25,56-57,59-63,65-67H,3-4,6,8-10,12,14-16,18,20-22,24,26-55H2,1-2H3/b7-5-,13-11-,19-17-,25-23-. The maximum atomic E-state index is 12.9. The number of aliphatic hydroxyl groups is 4. The van der Waals surface area contributed by atoms with E-state index in [1.54, 1.807) is 0 Å². The van der Waals surface area contributed by atoms with E-state index in [4.69, 9.17) is 18.9 Å². The molecule has 1 heterocycles. The fraction of sp³-hybridized carbons (Fsp3) is 0.855. The van der Waals surface area contributed by atoms with Gasteiger partial charge >= 0.3 is 5.97 Å². The number of allylic oxidation sites excluding steroid dienone is 8. The van der Waals surface area contributed by atoms with Crippen molar-refractivity contribution in [3.05, 3.63) is 48.6 Å². The molecular weight excluding hydrogens is 889 g/mol. The van der Waals surface area contributed by atoms with Gasteiger partial charge in [-0.15, -0.1) is 0 Å². The van der Waals surface area contributed by atoms with Crippen LogP contribution in [0.3, 0.4) is 0 Å². The lowest BCUT2D eigenvalue weighted by atomic mass is 9.99. The molecule has 416 valence electrons. The Kier molecular flexibility index (Phi) is 50.1. The lowest BCUT2D eigenvalue weighted by Crippen LogP contribution is -2.59. The molecule has 4 N–H and O–H groups in total. The third kappa shape index (κ3) is 43.1. The van der Waals surface area contributed by atoms with E-state index in [1.807, 2.05) is 0 Å². The third-order valence-electron chi connectivity index (χ3n) is 14.0. The van der Waals surface area contributed by atoms with Crippen LogP contribution < -0.4 is 0 Å². The maximum Gasteiger partial charge on any atom is 0.306 e. The van der Waals surface area contributed by atoms with Crippen LogP contribution in [0.5, 0.6) is 0 Å². The molecule has 9 heteroatoms. The Morgan fingerprint density at radius 2 is 0.859 bits per heavy atom. The summed E-state index contributed by atoms with van der Waals surface area (Å²) >= 11 is 0. The fourth-order valence-electron chi connectivity index (χ4n) is 9.37. The molecule has 0 aromatic heterocycles. The monoisotopic (exact) mass is 1000 g/mol. The summed E-state index contributed by atoms with van der Waals surface area (Å²) in [6.45, 7) is 4.50. The van der Waals surface area contributed by atoms with Crippen LogP contribution in [-0.4, -0.2) is 89.6 Å². The summed E-state index contributed by atoms with van der Waals surface area (Å²) in [5, 5.41) is 40.4. The van der Waals surface area contributed by atoms with Crippen molar-refractivity contribution in [2.24, 2.45) is 0 Å². The SMILES string of the molecule is CC/C=C\C/C=C\C/C=C\C/C=C\CCCCCCCCCCCCCCCOCC(COC1OC(CO)C(O)C(O)C1O)OC(=O)CCCCCCCCCCCCCCCCCCCCCCCC. The van der Waals surface area contributed by atoms with Crippen molar-refractivity contribution in [2.45, 2.75) is 314 Å². The van der Waals surface area contributed by atoms with E-state index in [0.717, 1.165) is 57.8 Å². The molecule has 0 amide bonds. The first-order chi connectivity index (χ1) is 34.9. The highest BCUT2D eigenvalue weighted by Crippen LogP contribution is 2.23. The van der Waals surface area contributed by atoms with Crippen LogP contribution in [0, 0.1) is 0 Å². The number of rotatable bonds is 53. The van der Waals surface area contributed by atoms with Gasteiger partial charge in [0.05, 0.1) is 19.8 Å². The van der Waals surface area contributed by atoms with Crippen LogP contribution in [-0.2, 0) is 23.7 Å².